The number of likely N-dealkylation sites (tertiary alicyclic amines) is 1. The first-order chi connectivity index (χ1) is 37.4. The number of amides is 4. The van der Waals surface area contributed by atoms with Crippen LogP contribution in [0.5, 0.6) is 0 Å². The van der Waals surface area contributed by atoms with Crippen molar-refractivity contribution in [3.8, 4) is 0 Å². The summed E-state index contributed by atoms with van der Waals surface area (Å²) in [6.07, 6.45) is 14.2. The molecule has 414 valence electrons. The van der Waals surface area contributed by atoms with Crippen molar-refractivity contribution in [1.82, 2.24) is 45.7 Å². The molecule has 0 saturated carbocycles. The highest BCUT2D eigenvalue weighted by Crippen LogP contribution is 2.29. The van der Waals surface area contributed by atoms with Crippen LogP contribution in [0.2, 0.25) is 0 Å². The zero-order valence-corrected chi connectivity index (χ0v) is 45.6. The molecule has 9 N–H and O–H groups in total. The molecule has 0 unspecified atom stereocenters. The van der Waals surface area contributed by atoms with Gasteiger partial charge < -0.3 is 57.4 Å². The predicted molar refractivity (Wildman–Crippen MR) is 306 cm³/mol. The maximum Gasteiger partial charge on any atom is 0.256 e. The Morgan fingerprint density at radius 1 is 0.885 bits per heavy atom. The number of hydrogen-bond acceptors (Lipinski definition) is 16. The second-order valence-corrected chi connectivity index (χ2v) is 21.3. The molecule has 0 radical (unpaired) electrons. The van der Waals surface area contributed by atoms with Crippen molar-refractivity contribution in [3.63, 3.8) is 0 Å². The fourth-order valence-corrected chi connectivity index (χ4v) is 9.56. The minimum atomic E-state index is -1.16. The Labute approximate surface area is 457 Å². The van der Waals surface area contributed by atoms with Gasteiger partial charge in [0.15, 0.2) is 0 Å². The van der Waals surface area contributed by atoms with Gasteiger partial charge in [-0.3, -0.25) is 29.1 Å². The van der Waals surface area contributed by atoms with Crippen LogP contribution in [0.1, 0.15) is 100 Å². The molecular weight excluding hydrogens is 989 g/mol. The van der Waals surface area contributed by atoms with E-state index in [2.05, 4.69) is 75.0 Å². The smallest absolute Gasteiger partial charge is 0.256 e. The molecule has 0 spiro atoms. The number of ether oxygens (including phenoxy) is 1. The van der Waals surface area contributed by atoms with E-state index < -0.39 is 23.1 Å². The molecule has 2 fully saturated rings. The first-order valence-corrected chi connectivity index (χ1v) is 26.8. The number of benzene rings is 2. The van der Waals surface area contributed by atoms with E-state index in [0.29, 0.717) is 43.2 Å². The highest BCUT2D eigenvalue weighted by molar-refractivity contribution is 6.00. The van der Waals surface area contributed by atoms with Gasteiger partial charge in [-0.15, -0.1) is 6.58 Å². The summed E-state index contributed by atoms with van der Waals surface area (Å²) in [7, 11) is 0. The predicted octanol–water partition coefficient (Wildman–Crippen LogP) is 6.54. The summed E-state index contributed by atoms with van der Waals surface area (Å²) in [5, 5.41) is 34.7. The van der Waals surface area contributed by atoms with Gasteiger partial charge >= 0.3 is 0 Å². The average Bonchev–Trinajstić information content (AvgIpc) is 3.94. The Bertz CT molecular complexity index is 2930. The van der Waals surface area contributed by atoms with Crippen LogP contribution in [-0.2, 0) is 31.3 Å². The SMILES string of the molecule is C=CCNC(=O)c1cnc(Nc2ccc(N3CCN(CCCCCCOCC(=O)N[C@H](C(=O)N4CCC[C@H]4C(=O)NCc4ccc(/C(N)=C/C=N)c5cnccc45)C(C)(C)C)CC3)cc2)nc1Nc1cccc(C(C)(C)O)n1. The first kappa shape index (κ1) is 57.9. The normalized spacial score (nSPS) is 15.6. The number of allylic oxidation sites excluding steroid dienone is 1. The molecule has 3 aromatic heterocycles. The monoisotopic (exact) mass is 1060 g/mol. The van der Waals surface area contributed by atoms with Crippen LogP contribution in [0.4, 0.5) is 29.0 Å². The quantitative estimate of drug-likeness (QED) is 0.0175. The second-order valence-electron chi connectivity index (χ2n) is 21.3. The minimum Gasteiger partial charge on any atom is -0.398 e. The number of carbonyl (C=O) groups is 4. The summed E-state index contributed by atoms with van der Waals surface area (Å²) in [5.74, 6) is -0.330. The van der Waals surface area contributed by atoms with Crippen molar-refractivity contribution in [3.05, 3.63) is 120 Å². The maximum atomic E-state index is 14.1. The van der Waals surface area contributed by atoms with E-state index in [1.807, 2.05) is 51.1 Å². The van der Waals surface area contributed by atoms with E-state index in [1.54, 1.807) is 55.4 Å². The minimum absolute atomic E-state index is 0.155. The highest BCUT2D eigenvalue weighted by Gasteiger charge is 2.42. The van der Waals surface area contributed by atoms with Gasteiger partial charge in [-0.05, 0) is 111 Å². The van der Waals surface area contributed by atoms with Crippen molar-refractivity contribution in [2.75, 3.05) is 74.6 Å². The van der Waals surface area contributed by atoms with Crippen molar-refractivity contribution >= 4 is 75.3 Å². The number of rotatable bonds is 25. The number of nitrogens with two attached hydrogens (primary N) is 1. The second kappa shape index (κ2) is 27.0. The van der Waals surface area contributed by atoms with Gasteiger partial charge in [0.1, 0.15) is 41.5 Å². The van der Waals surface area contributed by atoms with Gasteiger partial charge in [0.05, 0.1) is 5.69 Å². The van der Waals surface area contributed by atoms with Gasteiger partial charge in [0.2, 0.25) is 23.7 Å². The summed E-state index contributed by atoms with van der Waals surface area (Å²) >= 11 is 0. The molecule has 0 aliphatic carbocycles. The van der Waals surface area contributed by atoms with Gasteiger partial charge in [-0.25, -0.2) is 9.97 Å². The fraction of sp³-hybridized carbons (Fsp3) is 0.431. The van der Waals surface area contributed by atoms with Gasteiger partial charge in [-0.2, -0.15) is 4.98 Å². The number of aliphatic hydroxyl groups is 1. The van der Waals surface area contributed by atoms with E-state index in [0.717, 1.165) is 97.9 Å². The largest absolute Gasteiger partial charge is 0.398 e. The van der Waals surface area contributed by atoms with Crippen molar-refractivity contribution in [2.45, 2.75) is 97.4 Å². The molecule has 20 nitrogen and oxygen atoms in total. The molecular formula is C58H76N14O6. The van der Waals surface area contributed by atoms with Crippen LogP contribution >= 0.6 is 0 Å². The lowest BCUT2D eigenvalue weighted by molar-refractivity contribution is -0.144. The Kier molecular flexibility index (Phi) is 20.0. The molecule has 2 aliphatic rings. The average molecular weight is 1070 g/mol. The zero-order valence-electron chi connectivity index (χ0n) is 45.6. The fourth-order valence-electron chi connectivity index (χ4n) is 9.56. The number of aromatic nitrogens is 4. The van der Waals surface area contributed by atoms with Crippen molar-refractivity contribution < 1.29 is 29.0 Å². The maximum absolute atomic E-state index is 14.1. The standard InChI is InChI=1S/C58H76N14O6/c1-7-26-62-53(74)45-37-64-56(69-52(45)67-49-16-12-15-48(66-49)58(5,6)77)65-40-18-20-41(21-19-40)71-32-30-70(31-33-71)28-10-8-9-11-34-78-38-50(73)68-51(57(2,3)4)55(76)72-29-13-14-47(72)54(75)63-35-39-17-22-43(46(60)23-25-59)44-36-61-27-24-42(39)44/h7,12,15-25,27,36-37,47,51,59,77H,1,8-11,13-14,26,28-35,38,60H2,2-6H3,(H,62,74)(H,63,75)(H,68,73)(H2,64,65,66,67,69)/b46-23-,59-25?/t47-,51+/m0/s1. The van der Waals surface area contributed by atoms with Crippen LogP contribution in [0.3, 0.4) is 0 Å². The Hall–Kier alpha value is -7.81. The van der Waals surface area contributed by atoms with Crippen LogP contribution in [-0.4, -0.2) is 136 Å². The summed E-state index contributed by atoms with van der Waals surface area (Å²) in [4.78, 5) is 78.3. The number of anilines is 5. The first-order valence-electron chi connectivity index (χ1n) is 26.8. The summed E-state index contributed by atoms with van der Waals surface area (Å²) in [5.41, 5.74) is 9.08. The summed E-state index contributed by atoms with van der Waals surface area (Å²) < 4.78 is 5.78. The number of nitrogens with one attached hydrogen (secondary N) is 6. The molecule has 2 atom stereocenters. The highest BCUT2D eigenvalue weighted by atomic mass is 16.5. The molecule has 2 aromatic carbocycles. The molecule has 78 heavy (non-hydrogen) atoms. The Morgan fingerprint density at radius 2 is 1.65 bits per heavy atom. The van der Waals surface area contributed by atoms with E-state index in [1.165, 1.54) is 12.3 Å². The lowest BCUT2D eigenvalue weighted by Gasteiger charge is -2.36. The number of pyridine rings is 2. The molecule has 7 rings (SSSR count). The number of hydrogen-bond donors (Lipinski definition) is 8. The summed E-state index contributed by atoms with van der Waals surface area (Å²) in [6, 6.07) is 17.4. The topological polar surface area (TPSA) is 269 Å². The third kappa shape index (κ3) is 15.7. The van der Waals surface area contributed by atoms with Crippen molar-refractivity contribution in [2.24, 2.45) is 11.1 Å². The third-order valence-corrected chi connectivity index (χ3v) is 13.9. The van der Waals surface area contributed by atoms with Crippen LogP contribution in [0, 0.1) is 10.8 Å². The Balaban J connectivity index is 0.794. The Morgan fingerprint density at radius 3 is 2.38 bits per heavy atom. The molecule has 5 heterocycles. The summed E-state index contributed by atoms with van der Waals surface area (Å²) in [6.45, 7) is 18.6. The zero-order chi connectivity index (χ0) is 55.8. The van der Waals surface area contributed by atoms with Gasteiger partial charge in [0.25, 0.3) is 5.91 Å². The van der Waals surface area contributed by atoms with Gasteiger partial charge in [0, 0.05) is 105 Å². The molecule has 2 saturated heterocycles. The van der Waals surface area contributed by atoms with Crippen LogP contribution in [0.15, 0.2) is 98.0 Å². The van der Waals surface area contributed by atoms with E-state index in [9.17, 15) is 24.3 Å². The van der Waals surface area contributed by atoms with E-state index >= 15 is 0 Å². The number of nitrogens with zero attached hydrogens (tertiary/aromatic N) is 7. The number of piperazine rings is 1. The molecule has 5 aromatic rings. The molecule has 20 heteroatoms. The van der Waals surface area contributed by atoms with E-state index in [-0.39, 0.29) is 60.7 Å². The number of carbonyl (C=O) groups excluding carboxylic acids is 4. The van der Waals surface area contributed by atoms with Crippen LogP contribution < -0.4 is 37.2 Å². The number of unbranched alkanes of at least 4 members (excludes halogenated alkanes) is 3. The lowest BCUT2D eigenvalue weighted by atomic mass is 9.85. The molecule has 4 amide bonds. The third-order valence-electron chi connectivity index (χ3n) is 13.9. The van der Waals surface area contributed by atoms with Crippen LogP contribution in [0.25, 0.3) is 16.5 Å². The number of fused-ring (bicyclic) bond motifs is 1. The lowest BCUT2D eigenvalue weighted by Crippen LogP contribution is -2.58. The van der Waals surface area contributed by atoms with Crippen molar-refractivity contribution in [1.29, 1.82) is 5.41 Å². The van der Waals surface area contributed by atoms with Gasteiger partial charge in [-0.1, -0.05) is 57.9 Å². The van der Waals surface area contributed by atoms with E-state index in [4.69, 9.17) is 15.9 Å². The molecule has 2 aliphatic heterocycles. The molecule has 0 bridgehead atoms.